The number of fused-ring (bicyclic) bond motifs is 4. The minimum absolute atomic E-state index is 0.0156. The summed E-state index contributed by atoms with van der Waals surface area (Å²) < 4.78 is 158. The second-order valence-corrected chi connectivity index (χ2v) is 40.4. The normalized spacial score (nSPS) is 11.8. The smallest absolute Gasteiger partial charge is 0.410 e. The monoisotopic (exact) mass is 1850 g/mol. The maximum Gasteiger partial charge on any atom is 0.410 e. The van der Waals surface area contributed by atoms with Crippen molar-refractivity contribution in [1.29, 1.82) is 0 Å². The number of ether oxygens (including phenoxy) is 3. The molecule has 15 aromatic rings. The number of rotatable bonds is 22. The van der Waals surface area contributed by atoms with Gasteiger partial charge >= 0.3 is 18.3 Å². The number of hydrogen-bond donors (Lipinski definition) is 6. The number of H-pyrrole nitrogens is 1. The zero-order chi connectivity index (χ0) is 95.7. The number of anilines is 8. The lowest BCUT2D eigenvalue weighted by atomic mass is 10.1. The van der Waals surface area contributed by atoms with Gasteiger partial charge in [-0.15, -0.1) is 0 Å². The molecule has 0 radical (unpaired) electrons. The van der Waals surface area contributed by atoms with Crippen molar-refractivity contribution >= 4 is 137 Å². The number of carbonyl (C=O) groups is 3. The molecule has 0 spiro atoms. The fourth-order valence-electron chi connectivity index (χ4n) is 14.1. The number of aromatic amines is 1. The van der Waals surface area contributed by atoms with Crippen LogP contribution in [0.2, 0.25) is 0 Å². The van der Waals surface area contributed by atoms with Crippen LogP contribution in [0.1, 0.15) is 107 Å². The number of nitrogens with one attached hydrogen (secondary N) is 6. The van der Waals surface area contributed by atoms with Crippen molar-refractivity contribution < 1.29 is 71.4 Å². The Morgan fingerprint density at radius 1 is 0.379 bits per heavy atom. The quantitative estimate of drug-likeness (QED) is 0.0271. The number of pyridine rings is 1. The first-order valence-electron chi connectivity index (χ1n) is 42.1. The SMILES string of the molecule is CNCc1cn(S(=O)(=O)c2ccccc2)c2cc(Nc3ccc(C)cc3F)ccc12.Cc1ccc(Nc2ccc3c(CN(C)C(=O)OC(C)(C)C)c[nH]c3c2)c(F)c1.Cc1ccc(Nc2ccc3c(CN(C)C(=O)OC(C)(C)C)cn(S(=O)(=O)c4ccccc4)c3c2)c(F)c1.Cc1ccc(Nc2ccc3c(CN(C)C(=O)OC(C)(C)C)cn(S(=O)(=O)c4cccnc4)c3c2)c(F)c1. The standard InChI is InChI=1S/C28H30FN3O4S.C27H29FN4O4S.C23H22FN3O2S.C22H26FN3O2/c1-19-11-14-25(24(29)15-19)30-21-12-13-23-20(17-31(5)27(33)36-28(2,3)4)18-32(26(23)16-21)37(34,35)22-9-7-6-8-10-22;1-18-8-11-24(23(28)13-18)30-20-9-10-22-19(16-31(5)26(33)36-27(2,3)4)17-32(25(22)14-20)37(34,35)21-7-6-12-29-15-21;1-16-8-11-22(21(24)12-16)26-18-9-10-20-17(14-25-2)15-27(23(20)13-18)30(28,29)19-6-4-3-5-7-19;1-14-6-9-19(18(23)10-14)25-16-7-8-17-15(12-24-20(17)11-16)13-26(5)21(27)28-22(2,3)4/h6-16,18,30H,17H2,1-5H3;6-15,17,30H,16H2,1-5H3;3-13,15,25-26H,14H2,1-2H3;6-12,24-25H,13H2,1-5H3. The third kappa shape index (κ3) is 24.0. The van der Waals surface area contributed by atoms with Gasteiger partial charge in [-0.1, -0.05) is 84.9 Å². The second kappa shape index (κ2) is 40.2. The van der Waals surface area contributed by atoms with Gasteiger partial charge in [0.15, 0.2) is 0 Å². The summed E-state index contributed by atoms with van der Waals surface area (Å²) in [6.45, 7) is 24.7. The fraction of sp³-hybridized carbons (Fsp3) is 0.240. The van der Waals surface area contributed by atoms with Gasteiger partial charge in [0.25, 0.3) is 30.1 Å². The molecule has 15 rings (SSSR count). The Labute approximate surface area is 766 Å². The van der Waals surface area contributed by atoms with E-state index in [-0.39, 0.29) is 56.9 Å². The number of aromatic nitrogens is 5. The van der Waals surface area contributed by atoms with Crippen molar-refractivity contribution in [2.45, 2.75) is 148 Å². The summed E-state index contributed by atoms with van der Waals surface area (Å²) in [6, 6.07) is 60.6. The summed E-state index contributed by atoms with van der Waals surface area (Å²) in [7, 11) is -5.04. The molecule has 0 saturated carbocycles. The minimum atomic E-state index is -4.02. The molecule has 132 heavy (non-hydrogen) atoms. The molecule has 25 nitrogen and oxygen atoms in total. The van der Waals surface area contributed by atoms with Crippen LogP contribution in [0.25, 0.3) is 43.6 Å². The molecule has 0 bridgehead atoms. The zero-order valence-electron chi connectivity index (χ0n) is 76.3. The molecular formula is C100H107F4N13O12S3. The van der Waals surface area contributed by atoms with Crippen LogP contribution in [-0.4, -0.2) is 125 Å². The largest absolute Gasteiger partial charge is 0.444 e. The third-order valence-corrected chi connectivity index (χ3v) is 25.5. The van der Waals surface area contributed by atoms with E-state index in [2.05, 4.69) is 36.6 Å². The highest BCUT2D eigenvalue weighted by molar-refractivity contribution is 7.90. The van der Waals surface area contributed by atoms with E-state index in [0.717, 1.165) is 59.3 Å². The van der Waals surface area contributed by atoms with Crippen molar-refractivity contribution in [3.63, 3.8) is 0 Å². The number of halogens is 4. The zero-order valence-corrected chi connectivity index (χ0v) is 78.8. The lowest BCUT2D eigenvalue weighted by Gasteiger charge is -2.24. The van der Waals surface area contributed by atoms with Gasteiger partial charge in [0.2, 0.25) is 0 Å². The molecule has 0 unspecified atom stereocenters. The van der Waals surface area contributed by atoms with Crippen molar-refractivity contribution in [1.82, 2.24) is 41.9 Å². The molecule has 690 valence electrons. The predicted octanol–water partition coefficient (Wildman–Crippen LogP) is 22.8. The van der Waals surface area contributed by atoms with Gasteiger partial charge in [-0.3, -0.25) is 4.98 Å². The molecule has 0 aliphatic heterocycles. The van der Waals surface area contributed by atoms with E-state index >= 15 is 0 Å². The third-order valence-electron chi connectivity index (χ3n) is 20.4. The van der Waals surface area contributed by atoms with Gasteiger partial charge in [0.05, 0.1) is 68.7 Å². The highest BCUT2D eigenvalue weighted by Gasteiger charge is 2.30. The van der Waals surface area contributed by atoms with Crippen molar-refractivity contribution in [3.8, 4) is 0 Å². The van der Waals surface area contributed by atoms with Crippen LogP contribution in [0.15, 0.2) is 270 Å². The van der Waals surface area contributed by atoms with Gasteiger partial charge < -0.3 is 60.5 Å². The number of amides is 3. The highest BCUT2D eigenvalue weighted by atomic mass is 32.2. The minimum Gasteiger partial charge on any atom is -0.444 e. The molecule has 0 fully saturated rings. The van der Waals surface area contributed by atoms with Gasteiger partial charge in [0.1, 0.15) is 45.0 Å². The first kappa shape index (κ1) is 97.1. The van der Waals surface area contributed by atoms with Crippen LogP contribution < -0.4 is 26.6 Å². The first-order valence-corrected chi connectivity index (χ1v) is 46.4. The summed E-state index contributed by atoms with van der Waals surface area (Å²) in [5.41, 5.74) is 10.4. The van der Waals surface area contributed by atoms with Gasteiger partial charge in [0, 0.05) is 115 Å². The maximum absolute atomic E-state index is 14.5. The van der Waals surface area contributed by atoms with Crippen molar-refractivity contribution in [2.24, 2.45) is 0 Å². The summed E-state index contributed by atoms with van der Waals surface area (Å²) in [6.07, 6.45) is 7.87. The molecule has 0 aliphatic carbocycles. The van der Waals surface area contributed by atoms with Gasteiger partial charge in [-0.25, -0.2) is 69.1 Å². The second-order valence-electron chi connectivity index (χ2n) is 34.9. The topological polar surface area (TPSA) is 295 Å². The molecule has 6 N–H and O–H groups in total. The molecule has 5 heterocycles. The van der Waals surface area contributed by atoms with E-state index in [4.69, 9.17) is 14.2 Å². The Kier molecular flexibility index (Phi) is 29.6. The van der Waals surface area contributed by atoms with E-state index in [1.807, 2.05) is 90.3 Å². The molecule has 10 aromatic carbocycles. The predicted molar refractivity (Wildman–Crippen MR) is 513 cm³/mol. The highest BCUT2D eigenvalue weighted by Crippen LogP contribution is 2.37. The molecule has 5 aromatic heterocycles. The number of nitrogens with zero attached hydrogens (tertiary/aromatic N) is 7. The van der Waals surface area contributed by atoms with Gasteiger partial charge in [-0.2, -0.15) is 0 Å². The number of aryl methyl sites for hydroxylation is 4. The average molecular weight is 1860 g/mol. The number of carbonyl (C=O) groups excluding carboxylic acids is 3. The van der Waals surface area contributed by atoms with Crippen molar-refractivity contribution in [2.75, 3.05) is 49.5 Å². The summed E-state index contributed by atoms with van der Waals surface area (Å²) in [5, 5.41) is 18.4. The number of hydrogen-bond acceptors (Lipinski definition) is 18. The molecule has 0 saturated heterocycles. The Bertz CT molecular complexity index is 6880. The Morgan fingerprint density at radius 3 is 1.00 bits per heavy atom. The molecule has 32 heteroatoms. The molecule has 0 aliphatic rings. The molecular weight excluding hydrogens is 1750 g/mol. The fourth-order valence-corrected chi connectivity index (χ4v) is 18.3. The van der Waals surface area contributed by atoms with Crippen LogP contribution in [0.4, 0.5) is 77.4 Å². The lowest BCUT2D eigenvalue weighted by molar-refractivity contribution is 0.0276. The van der Waals surface area contributed by atoms with E-state index < -0.39 is 70.7 Å². The summed E-state index contributed by atoms with van der Waals surface area (Å²) in [5.74, 6) is -1.48. The number of benzene rings is 10. The lowest BCUT2D eigenvalue weighted by Crippen LogP contribution is -2.33. The summed E-state index contributed by atoms with van der Waals surface area (Å²) >= 11 is 0. The van der Waals surface area contributed by atoms with Crippen LogP contribution in [0, 0.1) is 51.0 Å². The summed E-state index contributed by atoms with van der Waals surface area (Å²) in [4.78, 5) is 49.2. The van der Waals surface area contributed by atoms with Gasteiger partial charge in [-0.05, 0) is 275 Å². The Balaban J connectivity index is 0.000000160. The molecule has 3 amide bonds. The van der Waals surface area contributed by atoms with Crippen molar-refractivity contribution in [3.05, 3.63) is 323 Å². The first-order chi connectivity index (χ1) is 62.2. The molecule has 0 atom stereocenters. The average Bonchev–Trinajstić information content (AvgIpc) is 1.59. The van der Waals surface area contributed by atoms with Crippen LogP contribution in [0.3, 0.4) is 0 Å². The van der Waals surface area contributed by atoms with Crippen LogP contribution in [-0.2, 0) is 70.5 Å². The van der Waals surface area contributed by atoms with Crippen LogP contribution in [0.5, 0.6) is 0 Å². The van der Waals surface area contributed by atoms with Crippen LogP contribution >= 0.6 is 0 Å². The Hall–Kier alpha value is -14.0. The van der Waals surface area contributed by atoms with E-state index in [1.165, 1.54) is 85.0 Å². The van der Waals surface area contributed by atoms with E-state index in [9.17, 15) is 57.2 Å². The Morgan fingerprint density at radius 2 is 0.682 bits per heavy atom. The van der Waals surface area contributed by atoms with E-state index in [0.29, 0.717) is 80.0 Å². The van der Waals surface area contributed by atoms with E-state index in [1.54, 1.807) is 221 Å². The maximum atomic E-state index is 14.5.